The van der Waals surface area contributed by atoms with Crippen molar-refractivity contribution in [3.8, 4) is 5.75 Å². The molecule has 8 nitrogen and oxygen atoms in total. The van der Waals surface area contributed by atoms with Crippen molar-refractivity contribution in [3.05, 3.63) is 45.6 Å². The molecular weight excluding hydrogens is 346 g/mol. The van der Waals surface area contributed by atoms with Crippen molar-refractivity contribution in [2.75, 3.05) is 18.0 Å². The Kier molecular flexibility index (Phi) is 4.55. The fraction of sp³-hybridized carbons (Fsp3) is 0.474. The van der Waals surface area contributed by atoms with Crippen molar-refractivity contribution in [2.24, 2.45) is 0 Å². The number of carbonyl (C=O) groups excluding carboxylic acids is 1. The van der Waals surface area contributed by atoms with E-state index in [4.69, 9.17) is 4.74 Å². The average molecular weight is 369 g/mol. The molecule has 0 unspecified atom stereocenters. The number of H-pyrrole nitrogens is 1. The van der Waals surface area contributed by atoms with Crippen molar-refractivity contribution in [1.29, 1.82) is 0 Å². The van der Waals surface area contributed by atoms with Crippen molar-refractivity contribution >= 4 is 11.6 Å². The standard InChI is InChI=1S/C19H23N5O3/c1-12-18(9-21-22-19(12)26)24-10-14-7-16(8-20-17(14)11-24)27-15-3-5-23(6-4-15)13(2)25/h7-9,15H,3-6,10-11H2,1-2H3,(H,22,26). The molecular formula is C19H23N5O3. The van der Waals surface area contributed by atoms with Crippen LogP contribution in [-0.2, 0) is 17.9 Å². The number of pyridine rings is 1. The van der Waals surface area contributed by atoms with Crippen LogP contribution in [0.2, 0.25) is 0 Å². The highest BCUT2D eigenvalue weighted by Crippen LogP contribution is 2.30. The normalized spacial score (nSPS) is 17.1. The quantitative estimate of drug-likeness (QED) is 0.879. The average Bonchev–Trinajstić information content (AvgIpc) is 3.07. The maximum absolute atomic E-state index is 11.8. The predicted octanol–water partition coefficient (Wildman–Crippen LogP) is 1.38. The fourth-order valence-electron chi connectivity index (χ4n) is 3.72. The van der Waals surface area contributed by atoms with Crippen LogP contribution in [0.1, 0.15) is 36.6 Å². The van der Waals surface area contributed by atoms with Crippen LogP contribution in [0.5, 0.6) is 5.75 Å². The Labute approximate surface area is 157 Å². The summed E-state index contributed by atoms with van der Waals surface area (Å²) in [5.74, 6) is 0.884. The highest BCUT2D eigenvalue weighted by molar-refractivity contribution is 5.73. The fourth-order valence-corrected chi connectivity index (χ4v) is 3.72. The van der Waals surface area contributed by atoms with Gasteiger partial charge in [-0.3, -0.25) is 14.6 Å². The topological polar surface area (TPSA) is 91.4 Å². The number of likely N-dealkylation sites (tertiary alicyclic amines) is 1. The minimum Gasteiger partial charge on any atom is -0.489 e. The summed E-state index contributed by atoms with van der Waals surface area (Å²) in [6, 6.07) is 2.04. The number of amides is 1. The van der Waals surface area contributed by atoms with Crippen LogP contribution in [0.15, 0.2) is 23.3 Å². The van der Waals surface area contributed by atoms with Gasteiger partial charge >= 0.3 is 0 Å². The highest BCUT2D eigenvalue weighted by Gasteiger charge is 2.25. The lowest BCUT2D eigenvalue weighted by atomic mass is 10.1. The number of aromatic nitrogens is 3. The van der Waals surface area contributed by atoms with E-state index in [1.807, 2.05) is 11.0 Å². The molecule has 0 spiro atoms. The van der Waals surface area contributed by atoms with Gasteiger partial charge in [0, 0.05) is 45.0 Å². The lowest BCUT2D eigenvalue weighted by Gasteiger charge is -2.31. The zero-order chi connectivity index (χ0) is 19.0. The van der Waals surface area contributed by atoms with Gasteiger partial charge in [0.2, 0.25) is 5.91 Å². The molecule has 2 aliphatic heterocycles. The van der Waals surface area contributed by atoms with E-state index < -0.39 is 0 Å². The maximum atomic E-state index is 11.8. The van der Waals surface area contributed by atoms with Gasteiger partial charge in [0.05, 0.1) is 30.3 Å². The Morgan fingerprint density at radius 3 is 2.78 bits per heavy atom. The molecule has 0 radical (unpaired) electrons. The summed E-state index contributed by atoms with van der Waals surface area (Å²) >= 11 is 0. The van der Waals surface area contributed by atoms with Crippen molar-refractivity contribution in [1.82, 2.24) is 20.1 Å². The van der Waals surface area contributed by atoms with E-state index in [2.05, 4.69) is 20.1 Å². The van der Waals surface area contributed by atoms with Crippen molar-refractivity contribution < 1.29 is 9.53 Å². The maximum Gasteiger partial charge on any atom is 0.269 e. The van der Waals surface area contributed by atoms with E-state index in [1.165, 1.54) is 0 Å². The molecule has 27 heavy (non-hydrogen) atoms. The van der Waals surface area contributed by atoms with Crippen LogP contribution < -0.4 is 15.2 Å². The molecule has 4 rings (SSSR count). The zero-order valence-electron chi connectivity index (χ0n) is 15.6. The smallest absolute Gasteiger partial charge is 0.269 e. The number of carbonyl (C=O) groups is 1. The molecule has 8 heteroatoms. The van der Waals surface area contributed by atoms with Gasteiger partial charge in [-0.2, -0.15) is 5.10 Å². The summed E-state index contributed by atoms with van der Waals surface area (Å²) in [6.45, 7) is 6.21. The highest BCUT2D eigenvalue weighted by atomic mass is 16.5. The number of anilines is 1. The Balaban J connectivity index is 1.44. The first-order chi connectivity index (χ1) is 13.0. The first-order valence-electron chi connectivity index (χ1n) is 9.20. The molecule has 1 fully saturated rings. The first-order valence-corrected chi connectivity index (χ1v) is 9.20. The van der Waals surface area contributed by atoms with Gasteiger partial charge in [-0.1, -0.05) is 0 Å². The minimum absolute atomic E-state index is 0.108. The third-order valence-electron chi connectivity index (χ3n) is 5.35. The largest absolute Gasteiger partial charge is 0.489 e. The Morgan fingerprint density at radius 1 is 1.26 bits per heavy atom. The van der Waals surface area contributed by atoms with E-state index in [0.29, 0.717) is 18.7 Å². The van der Waals surface area contributed by atoms with E-state index in [-0.39, 0.29) is 17.6 Å². The summed E-state index contributed by atoms with van der Waals surface area (Å²) in [7, 11) is 0. The second-order valence-electron chi connectivity index (χ2n) is 7.17. The molecule has 1 amide bonds. The third-order valence-corrected chi connectivity index (χ3v) is 5.35. The number of aromatic amines is 1. The van der Waals surface area contributed by atoms with Gasteiger partial charge in [0.15, 0.2) is 0 Å². The second kappa shape index (κ2) is 7.02. The lowest BCUT2D eigenvalue weighted by molar-refractivity contribution is -0.130. The van der Waals surface area contributed by atoms with Gasteiger partial charge in [0.1, 0.15) is 11.9 Å². The Morgan fingerprint density at radius 2 is 2.04 bits per heavy atom. The molecule has 0 atom stereocenters. The SMILES string of the molecule is CC(=O)N1CCC(Oc2cnc3c(c2)CN(c2cn[nH]c(=O)c2C)C3)CC1. The van der Waals surface area contributed by atoms with E-state index in [9.17, 15) is 9.59 Å². The van der Waals surface area contributed by atoms with Gasteiger partial charge in [-0.05, 0) is 18.6 Å². The summed E-state index contributed by atoms with van der Waals surface area (Å²) < 4.78 is 6.11. The summed E-state index contributed by atoms with van der Waals surface area (Å²) in [4.78, 5) is 31.8. The van der Waals surface area contributed by atoms with Crippen molar-refractivity contribution in [3.63, 3.8) is 0 Å². The Bertz CT molecular complexity index is 918. The molecule has 0 aromatic carbocycles. The van der Waals surface area contributed by atoms with E-state index in [0.717, 1.165) is 48.6 Å². The molecule has 0 aliphatic carbocycles. The number of hydrogen-bond acceptors (Lipinski definition) is 6. The van der Waals surface area contributed by atoms with Crippen LogP contribution in [0, 0.1) is 6.92 Å². The predicted molar refractivity (Wildman–Crippen MR) is 99.6 cm³/mol. The lowest BCUT2D eigenvalue weighted by Crippen LogP contribution is -2.40. The number of fused-ring (bicyclic) bond motifs is 1. The monoisotopic (exact) mass is 369 g/mol. The summed E-state index contributed by atoms with van der Waals surface area (Å²) in [5, 5.41) is 6.37. The molecule has 4 heterocycles. The number of piperidine rings is 1. The van der Waals surface area contributed by atoms with Gasteiger partial charge < -0.3 is 14.5 Å². The van der Waals surface area contributed by atoms with E-state index in [1.54, 1.807) is 26.2 Å². The number of hydrogen-bond donors (Lipinski definition) is 1. The first kappa shape index (κ1) is 17.5. The third kappa shape index (κ3) is 3.51. The Hall–Kier alpha value is -2.90. The molecule has 142 valence electrons. The van der Waals surface area contributed by atoms with Crippen LogP contribution in [0.25, 0.3) is 0 Å². The zero-order valence-corrected chi connectivity index (χ0v) is 15.6. The summed E-state index contributed by atoms with van der Waals surface area (Å²) in [6.07, 6.45) is 5.23. The van der Waals surface area contributed by atoms with Crippen LogP contribution in [0.4, 0.5) is 5.69 Å². The van der Waals surface area contributed by atoms with Gasteiger partial charge in [-0.25, -0.2) is 5.10 Å². The molecule has 2 aromatic rings. The summed E-state index contributed by atoms with van der Waals surface area (Å²) in [5.41, 5.74) is 3.42. The number of ether oxygens (including phenoxy) is 1. The second-order valence-corrected chi connectivity index (χ2v) is 7.17. The molecule has 1 N–H and O–H groups in total. The van der Waals surface area contributed by atoms with Gasteiger partial charge in [0.25, 0.3) is 5.56 Å². The van der Waals surface area contributed by atoms with Crippen molar-refractivity contribution in [2.45, 2.75) is 45.9 Å². The molecule has 2 aromatic heterocycles. The van der Waals surface area contributed by atoms with Gasteiger partial charge in [-0.15, -0.1) is 0 Å². The van der Waals surface area contributed by atoms with Crippen LogP contribution >= 0.6 is 0 Å². The number of nitrogens with one attached hydrogen (secondary N) is 1. The molecule has 2 aliphatic rings. The van der Waals surface area contributed by atoms with Crippen LogP contribution in [-0.4, -0.2) is 45.2 Å². The number of nitrogens with zero attached hydrogens (tertiary/aromatic N) is 4. The molecule has 1 saturated heterocycles. The molecule has 0 saturated carbocycles. The van der Waals surface area contributed by atoms with Crippen LogP contribution in [0.3, 0.4) is 0 Å². The minimum atomic E-state index is -0.169. The van der Waals surface area contributed by atoms with E-state index >= 15 is 0 Å². The number of rotatable bonds is 3. The molecule has 0 bridgehead atoms.